The maximum Gasteiger partial charge on any atom is 0.187 e. The van der Waals surface area contributed by atoms with Crippen molar-refractivity contribution >= 4 is 16.7 Å². The molecule has 0 N–H and O–H groups in total. The van der Waals surface area contributed by atoms with Crippen molar-refractivity contribution in [3.8, 4) is 0 Å². The Balaban J connectivity index is 0.00000144. The van der Waals surface area contributed by atoms with Crippen LogP contribution in [0.3, 0.4) is 0 Å². The Morgan fingerprint density at radius 3 is 2.08 bits per heavy atom. The minimum Gasteiger partial charge on any atom is -0.294 e. The molecule has 0 saturated carbocycles. The van der Waals surface area contributed by atoms with E-state index < -0.39 is 0 Å². The summed E-state index contributed by atoms with van der Waals surface area (Å²) in [6, 6.07) is 0. The van der Waals surface area contributed by atoms with Gasteiger partial charge >= 0.3 is 0 Å². The summed E-state index contributed by atoms with van der Waals surface area (Å²) >= 11 is 0. The number of carbonyl (C=O) groups excluding carboxylic acids is 1. The van der Waals surface area contributed by atoms with Gasteiger partial charge in [-0.15, -0.1) is 0 Å². The minimum absolute atomic E-state index is 0. The lowest BCUT2D eigenvalue weighted by Gasteiger charge is -2.14. The molecule has 0 aromatic rings. The van der Waals surface area contributed by atoms with E-state index in [9.17, 15) is 4.79 Å². The summed E-state index contributed by atoms with van der Waals surface area (Å²) < 4.78 is 0. The van der Waals surface area contributed by atoms with Gasteiger partial charge in [-0.25, -0.2) is 0 Å². The van der Waals surface area contributed by atoms with Gasteiger partial charge in [-0.3, -0.25) is 4.79 Å². The van der Waals surface area contributed by atoms with Crippen LogP contribution >= 0.6 is 0 Å². The Kier molecular flexibility index (Phi) is 5.05. The third-order valence-electron chi connectivity index (χ3n) is 2.29. The van der Waals surface area contributed by atoms with Crippen molar-refractivity contribution in [2.24, 2.45) is 5.41 Å². The molecule has 0 radical (unpaired) electrons. The van der Waals surface area contributed by atoms with Crippen LogP contribution in [0.5, 0.6) is 0 Å². The summed E-state index contributed by atoms with van der Waals surface area (Å²) in [5.74, 6) is 3.92. The normalized spacial score (nSPS) is 18.4. The Hall–Kier alpha value is 0.0200. The third-order valence-corrected chi connectivity index (χ3v) is 4.69. The lowest BCUT2D eigenvalue weighted by molar-refractivity contribution is -0.123. The standard InChI is InChI=1S/C10H19OS.CH4/c1-10(2,3)9(11)8-12-6-4-5-7-12;/h4-8H2,1-3H3;1H4/q+1;. The SMILES string of the molecule is C.CC(C)(C)C(=O)C[S+]1CCCC1. The van der Waals surface area contributed by atoms with Crippen molar-refractivity contribution in [2.45, 2.75) is 41.0 Å². The van der Waals surface area contributed by atoms with Crippen LogP contribution < -0.4 is 0 Å². The topological polar surface area (TPSA) is 17.1 Å². The molecule has 0 atom stereocenters. The molecule has 1 aliphatic heterocycles. The summed E-state index contributed by atoms with van der Waals surface area (Å²) in [5.41, 5.74) is -0.115. The predicted molar refractivity (Wildman–Crippen MR) is 62.4 cm³/mol. The van der Waals surface area contributed by atoms with Gasteiger partial charge in [0.15, 0.2) is 11.5 Å². The average Bonchev–Trinajstić information content (AvgIpc) is 2.37. The highest BCUT2D eigenvalue weighted by atomic mass is 32.2. The second-order valence-corrected chi connectivity index (χ2v) is 6.88. The van der Waals surface area contributed by atoms with Crippen LogP contribution in [0.15, 0.2) is 0 Å². The molecule has 1 rings (SSSR count). The van der Waals surface area contributed by atoms with E-state index >= 15 is 0 Å². The fourth-order valence-corrected chi connectivity index (χ4v) is 3.78. The number of hydrogen-bond donors (Lipinski definition) is 0. The van der Waals surface area contributed by atoms with E-state index in [-0.39, 0.29) is 12.8 Å². The molecule has 0 bridgehead atoms. The summed E-state index contributed by atoms with van der Waals surface area (Å²) in [6.07, 6.45) is 2.70. The first kappa shape index (κ1) is 13.0. The van der Waals surface area contributed by atoms with Gasteiger partial charge in [-0.05, 0) is 23.7 Å². The van der Waals surface area contributed by atoms with Crippen LogP contribution in [0.4, 0.5) is 0 Å². The van der Waals surface area contributed by atoms with Crippen molar-refractivity contribution in [2.75, 3.05) is 17.3 Å². The van der Waals surface area contributed by atoms with Crippen molar-refractivity contribution in [3.05, 3.63) is 0 Å². The largest absolute Gasteiger partial charge is 0.294 e. The van der Waals surface area contributed by atoms with Crippen LogP contribution in [0.25, 0.3) is 0 Å². The average molecular weight is 203 g/mol. The number of carbonyl (C=O) groups is 1. The zero-order valence-electron chi connectivity index (χ0n) is 8.35. The zero-order chi connectivity index (χ0) is 9.19. The Morgan fingerprint density at radius 1 is 1.23 bits per heavy atom. The van der Waals surface area contributed by atoms with Gasteiger partial charge in [0.1, 0.15) is 11.5 Å². The van der Waals surface area contributed by atoms with Crippen LogP contribution in [-0.2, 0) is 15.7 Å². The molecular formula is C11H23OS+. The van der Waals surface area contributed by atoms with Crippen molar-refractivity contribution in [1.29, 1.82) is 0 Å². The quantitative estimate of drug-likeness (QED) is 0.631. The molecular weight excluding hydrogens is 180 g/mol. The van der Waals surface area contributed by atoms with Gasteiger partial charge in [-0.1, -0.05) is 28.2 Å². The Bertz CT molecular complexity index is 163. The summed E-state index contributed by atoms with van der Waals surface area (Å²) in [4.78, 5) is 11.6. The highest BCUT2D eigenvalue weighted by Gasteiger charge is 2.32. The second kappa shape index (κ2) is 5.04. The van der Waals surface area contributed by atoms with Crippen molar-refractivity contribution in [1.82, 2.24) is 0 Å². The number of rotatable bonds is 2. The first-order valence-corrected chi connectivity index (χ1v) is 6.41. The summed E-state index contributed by atoms with van der Waals surface area (Å²) in [5, 5.41) is 0. The van der Waals surface area contributed by atoms with E-state index in [2.05, 4.69) is 0 Å². The fourth-order valence-electron chi connectivity index (χ4n) is 1.26. The molecule has 1 saturated heterocycles. The molecule has 1 aliphatic rings. The van der Waals surface area contributed by atoms with Crippen molar-refractivity contribution < 1.29 is 4.79 Å². The number of hydrogen-bond acceptors (Lipinski definition) is 1. The lowest BCUT2D eigenvalue weighted by atomic mass is 9.92. The maximum absolute atomic E-state index is 11.6. The molecule has 0 aliphatic carbocycles. The molecule has 0 aromatic heterocycles. The molecule has 0 unspecified atom stereocenters. The van der Waals surface area contributed by atoms with E-state index in [4.69, 9.17) is 0 Å². The highest BCUT2D eigenvalue weighted by molar-refractivity contribution is 7.97. The summed E-state index contributed by atoms with van der Waals surface area (Å²) in [7, 11) is 0.447. The van der Waals surface area contributed by atoms with Crippen LogP contribution in [0.2, 0.25) is 0 Å². The third kappa shape index (κ3) is 4.17. The van der Waals surface area contributed by atoms with Gasteiger partial charge < -0.3 is 0 Å². The molecule has 0 spiro atoms. The van der Waals surface area contributed by atoms with Gasteiger partial charge in [0, 0.05) is 5.41 Å². The zero-order valence-corrected chi connectivity index (χ0v) is 9.17. The predicted octanol–water partition coefficient (Wildman–Crippen LogP) is 2.65. The molecule has 1 heterocycles. The van der Waals surface area contributed by atoms with Crippen LogP contribution in [0, 0.1) is 5.41 Å². The number of ketones is 1. The molecule has 1 nitrogen and oxygen atoms in total. The number of Topliss-reactive ketones (excluding diaryl/α,β-unsaturated/α-hetero) is 1. The van der Waals surface area contributed by atoms with Gasteiger partial charge in [-0.2, -0.15) is 0 Å². The van der Waals surface area contributed by atoms with E-state index in [1.807, 2.05) is 20.8 Å². The van der Waals surface area contributed by atoms with Gasteiger partial charge in [0.05, 0.1) is 0 Å². The van der Waals surface area contributed by atoms with Crippen molar-refractivity contribution in [3.63, 3.8) is 0 Å². The molecule has 78 valence electrons. The summed E-state index contributed by atoms with van der Waals surface area (Å²) in [6.45, 7) is 6.07. The Labute approximate surface area is 85.6 Å². The van der Waals surface area contributed by atoms with E-state index in [1.54, 1.807) is 0 Å². The fraction of sp³-hybridized carbons (Fsp3) is 0.909. The van der Waals surface area contributed by atoms with E-state index in [1.165, 1.54) is 24.3 Å². The molecule has 0 amide bonds. The molecule has 13 heavy (non-hydrogen) atoms. The first-order chi connectivity index (χ1) is 5.50. The van der Waals surface area contributed by atoms with E-state index in [0.29, 0.717) is 16.7 Å². The minimum atomic E-state index is -0.115. The second-order valence-electron chi connectivity index (χ2n) is 4.55. The van der Waals surface area contributed by atoms with E-state index in [0.717, 1.165) is 5.75 Å². The lowest BCUT2D eigenvalue weighted by Crippen LogP contribution is -2.28. The van der Waals surface area contributed by atoms with Gasteiger partial charge in [0.2, 0.25) is 0 Å². The monoisotopic (exact) mass is 203 g/mol. The highest BCUT2D eigenvalue weighted by Crippen LogP contribution is 2.20. The Morgan fingerprint density at radius 2 is 1.69 bits per heavy atom. The van der Waals surface area contributed by atoms with Gasteiger partial charge in [0.25, 0.3) is 0 Å². The smallest absolute Gasteiger partial charge is 0.187 e. The molecule has 2 heteroatoms. The van der Waals surface area contributed by atoms with Crippen LogP contribution in [0.1, 0.15) is 41.0 Å². The first-order valence-electron chi connectivity index (χ1n) is 4.67. The maximum atomic E-state index is 11.6. The van der Waals surface area contributed by atoms with Crippen LogP contribution in [-0.4, -0.2) is 23.0 Å². The molecule has 1 fully saturated rings. The molecule has 0 aromatic carbocycles.